The Kier molecular flexibility index (Phi) is 13.6. The van der Waals surface area contributed by atoms with E-state index in [4.69, 9.17) is 4.74 Å². The van der Waals surface area contributed by atoms with Crippen LogP contribution >= 0.6 is 11.8 Å². The van der Waals surface area contributed by atoms with Crippen LogP contribution in [0.3, 0.4) is 0 Å². The molecule has 36 heavy (non-hydrogen) atoms. The van der Waals surface area contributed by atoms with Crippen LogP contribution in [0, 0.1) is 19.8 Å². The molecule has 0 aliphatic carbocycles. The fourth-order valence-electron chi connectivity index (χ4n) is 4.25. The molecule has 0 saturated carbocycles. The molecule has 3 N–H and O–H groups in total. The maximum atomic E-state index is 12.4. The second-order valence-corrected chi connectivity index (χ2v) is 9.99. The van der Waals surface area contributed by atoms with Gasteiger partial charge in [0.15, 0.2) is 6.29 Å². The van der Waals surface area contributed by atoms with Crippen LogP contribution in [0.25, 0.3) is 0 Å². The fourth-order valence-corrected chi connectivity index (χ4v) is 4.85. The van der Waals surface area contributed by atoms with Gasteiger partial charge in [-0.25, -0.2) is 0 Å². The molecule has 0 spiro atoms. The summed E-state index contributed by atoms with van der Waals surface area (Å²) in [6.45, 7) is 13.5. The van der Waals surface area contributed by atoms with Crippen LogP contribution in [-0.4, -0.2) is 99.2 Å². The van der Waals surface area contributed by atoms with Gasteiger partial charge in [-0.1, -0.05) is 6.07 Å². The summed E-state index contributed by atoms with van der Waals surface area (Å²) in [5.41, 5.74) is 3.08. The number of ether oxygens (including phenoxy) is 1. The number of thioether (sulfide) groups is 1. The molecule has 1 aromatic rings. The van der Waals surface area contributed by atoms with Gasteiger partial charge in [-0.05, 0) is 57.5 Å². The van der Waals surface area contributed by atoms with Gasteiger partial charge < -0.3 is 25.4 Å². The van der Waals surface area contributed by atoms with Crippen molar-refractivity contribution in [3.8, 4) is 5.75 Å². The predicted octanol–water partition coefficient (Wildman–Crippen LogP) is 2.63. The quantitative estimate of drug-likeness (QED) is 0.142. The molecule has 0 atom stereocenters. The molecule has 0 bridgehead atoms. The number of rotatable bonds is 10. The Hall–Kier alpha value is -2.40. The molecule has 0 aromatic heterocycles. The number of allylic oxidation sites excluding steroid dienone is 1. The Morgan fingerprint density at radius 3 is 2.53 bits per heavy atom. The number of nitrogens with zero attached hydrogens (tertiary/aromatic N) is 3. The van der Waals surface area contributed by atoms with Crippen LogP contribution < -0.4 is 10.6 Å². The number of hydrogen-bond donors (Lipinski definition) is 3. The predicted molar refractivity (Wildman–Crippen MR) is 148 cm³/mol. The second kappa shape index (κ2) is 16.4. The topological polar surface area (TPSA) is 107 Å². The molecule has 2 heterocycles. The van der Waals surface area contributed by atoms with Crippen molar-refractivity contribution in [2.24, 2.45) is 10.9 Å². The van der Waals surface area contributed by atoms with Gasteiger partial charge in [0.2, 0.25) is 5.91 Å². The lowest BCUT2D eigenvalue weighted by molar-refractivity contribution is -0.134. The lowest BCUT2D eigenvalue weighted by atomic mass is 9.97. The monoisotopic (exact) mass is 519 g/mol. The van der Waals surface area contributed by atoms with Crippen LogP contribution in [0.2, 0.25) is 0 Å². The molecule has 1 aromatic carbocycles. The first kappa shape index (κ1) is 29.8. The van der Waals surface area contributed by atoms with Crippen molar-refractivity contribution in [1.29, 1.82) is 0 Å². The number of amides is 1. The number of aryl methyl sites for hydroxylation is 1. The molecule has 10 heteroatoms. The van der Waals surface area contributed by atoms with Crippen molar-refractivity contribution < 1.29 is 19.4 Å². The summed E-state index contributed by atoms with van der Waals surface area (Å²) in [6, 6.07) is 3.61. The van der Waals surface area contributed by atoms with E-state index >= 15 is 0 Å². The van der Waals surface area contributed by atoms with Gasteiger partial charge in [-0.15, -0.1) is 11.8 Å². The Morgan fingerprint density at radius 1 is 1.25 bits per heavy atom. The summed E-state index contributed by atoms with van der Waals surface area (Å²) in [7, 11) is 1.86. The molecular weight excluding hydrogens is 478 g/mol. The van der Waals surface area contributed by atoms with Gasteiger partial charge in [0, 0.05) is 56.6 Å². The molecule has 1 amide bonds. The lowest BCUT2D eigenvalue weighted by Crippen LogP contribution is -2.47. The summed E-state index contributed by atoms with van der Waals surface area (Å²) >= 11 is 1.43. The summed E-state index contributed by atoms with van der Waals surface area (Å²) < 4.78 is 5.32. The minimum atomic E-state index is 0.238. The molecule has 2 saturated heterocycles. The van der Waals surface area contributed by atoms with E-state index in [9.17, 15) is 14.7 Å². The van der Waals surface area contributed by atoms with E-state index < -0.39 is 0 Å². The second-order valence-electron chi connectivity index (χ2n) is 8.94. The Morgan fingerprint density at radius 2 is 1.94 bits per heavy atom. The zero-order valence-electron chi connectivity index (χ0n) is 21.8. The maximum absolute atomic E-state index is 12.4. The minimum absolute atomic E-state index is 0.238. The van der Waals surface area contributed by atoms with Gasteiger partial charge >= 0.3 is 0 Å². The fraction of sp³-hybridized carbons (Fsp3) is 0.577. The highest BCUT2D eigenvalue weighted by molar-refractivity contribution is 8.03. The molecule has 2 fully saturated rings. The van der Waals surface area contributed by atoms with E-state index in [1.165, 1.54) is 18.0 Å². The Labute approximate surface area is 219 Å². The third kappa shape index (κ3) is 9.93. The first-order chi connectivity index (χ1) is 17.4. The first-order valence-electron chi connectivity index (χ1n) is 12.4. The number of likely N-dealkylation sites (tertiary alicyclic amines) is 1. The smallest absolute Gasteiger partial charge is 0.236 e. The van der Waals surface area contributed by atoms with Crippen molar-refractivity contribution in [3.05, 3.63) is 34.4 Å². The average Bonchev–Trinajstić information content (AvgIpc) is 2.90. The SMILES string of the molecule is C=N/C=C(/C=O)SCNCC1CCN(C(=O)CN2CCOCC2)CC1.CNc1c(C)ccc(O)c1C. The summed E-state index contributed by atoms with van der Waals surface area (Å²) in [5.74, 6) is 1.84. The number of anilines is 1. The minimum Gasteiger partial charge on any atom is -0.508 e. The summed E-state index contributed by atoms with van der Waals surface area (Å²) in [6.07, 6.45) is 4.31. The Bertz CT molecular complexity index is 881. The van der Waals surface area contributed by atoms with E-state index in [0.29, 0.717) is 29.0 Å². The molecule has 2 aliphatic heterocycles. The van der Waals surface area contributed by atoms with Crippen molar-refractivity contribution in [2.45, 2.75) is 26.7 Å². The number of aldehydes is 1. The Balaban J connectivity index is 0.000000346. The van der Waals surface area contributed by atoms with Crippen LogP contribution in [0.15, 0.2) is 28.2 Å². The van der Waals surface area contributed by atoms with Gasteiger partial charge in [0.05, 0.1) is 24.7 Å². The van der Waals surface area contributed by atoms with E-state index in [2.05, 4.69) is 27.2 Å². The van der Waals surface area contributed by atoms with E-state index in [-0.39, 0.29) is 5.91 Å². The number of hydrogen-bond acceptors (Lipinski definition) is 9. The normalized spacial score (nSPS) is 17.2. The van der Waals surface area contributed by atoms with Crippen molar-refractivity contribution in [3.63, 3.8) is 0 Å². The number of benzene rings is 1. The third-order valence-corrected chi connectivity index (χ3v) is 7.32. The van der Waals surface area contributed by atoms with E-state index in [1.807, 2.05) is 31.9 Å². The number of phenolic OH excluding ortho intramolecular Hbond substituents is 1. The molecule has 200 valence electrons. The standard InChI is InChI=1S/C17H28N4O3S.C9H13NO/c1-18-11-16(13-22)25-14-19-10-15-2-4-21(5-3-15)17(23)12-20-6-8-24-9-7-20;1-6-4-5-8(11)7(2)9(6)10-3/h11,13,15,19H,1-10,12,14H2;4-5,10-11H,1-3H3/b16-11-;. The van der Waals surface area contributed by atoms with Crippen molar-refractivity contribution in [2.75, 3.05) is 70.7 Å². The van der Waals surface area contributed by atoms with Crippen LogP contribution in [0.5, 0.6) is 5.75 Å². The zero-order chi connectivity index (χ0) is 26.3. The largest absolute Gasteiger partial charge is 0.508 e. The number of morpholine rings is 1. The molecular formula is C26H41N5O4S. The zero-order valence-corrected chi connectivity index (χ0v) is 22.6. The highest BCUT2D eigenvalue weighted by Crippen LogP contribution is 2.27. The van der Waals surface area contributed by atoms with Gasteiger partial charge in [0.25, 0.3) is 0 Å². The number of phenols is 1. The number of nitrogens with one attached hydrogen (secondary N) is 2. The maximum Gasteiger partial charge on any atom is 0.236 e. The first-order valence-corrected chi connectivity index (χ1v) is 13.4. The lowest BCUT2D eigenvalue weighted by Gasteiger charge is -2.34. The summed E-state index contributed by atoms with van der Waals surface area (Å²) in [4.78, 5) is 31.5. The summed E-state index contributed by atoms with van der Waals surface area (Å²) in [5, 5.41) is 15.7. The van der Waals surface area contributed by atoms with E-state index in [1.54, 1.807) is 6.07 Å². The van der Waals surface area contributed by atoms with Crippen molar-refractivity contribution >= 4 is 36.4 Å². The number of piperidine rings is 1. The number of aliphatic imine (C=N–C) groups is 1. The highest BCUT2D eigenvalue weighted by atomic mass is 32.2. The highest BCUT2D eigenvalue weighted by Gasteiger charge is 2.24. The van der Waals surface area contributed by atoms with Gasteiger partial charge in [-0.2, -0.15) is 0 Å². The van der Waals surface area contributed by atoms with Crippen molar-refractivity contribution in [1.82, 2.24) is 15.1 Å². The molecule has 9 nitrogen and oxygen atoms in total. The molecule has 0 unspecified atom stereocenters. The molecule has 2 aliphatic rings. The third-order valence-electron chi connectivity index (χ3n) is 6.43. The van der Waals surface area contributed by atoms with Gasteiger partial charge in [-0.3, -0.25) is 19.5 Å². The number of carbonyl (C=O) groups is 2. The average molecular weight is 520 g/mol. The van der Waals surface area contributed by atoms with E-state index in [0.717, 1.165) is 81.9 Å². The van der Waals surface area contributed by atoms with Crippen LogP contribution in [0.4, 0.5) is 5.69 Å². The van der Waals surface area contributed by atoms with Crippen LogP contribution in [-0.2, 0) is 14.3 Å². The van der Waals surface area contributed by atoms with Crippen LogP contribution in [0.1, 0.15) is 24.0 Å². The number of aromatic hydroxyl groups is 1. The number of carbonyl (C=O) groups excluding carboxylic acids is 2. The van der Waals surface area contributed by atoms with Gasteiger partial charge in [0.1, 0.15) is 5.75 Å². The molecule has 3 rings (SSSR count). The molecule has 0 radical (unpaired) electrons.